The highest BCUT2D eigenvalue weighted by Gasteiger charge is 2.69. The number of thiocarbonyl (C=S) groups is 2. The number of hydrogen-bond donors (Lipinski definition) is 2. The van der Waals surface area contributed by atoms with Gasteiger partial charge in [0.1, 0.15) is 0 Å². The maximum Gasteiger partial charge on any atom is 0.261 e. The predicted octanol–water partition coefficient (Wildman–Crippen LogP) is 7.65. The molecule has 0 unspecified atom stereocenters. The van der Waals surface area contributed by atoms with Gasteiger partial charge in [0.25, 0.3) is 22.2 Å². The first-order chi connectivity index (χ1) is 29.4. The molecule has 10 rings (SSSR count). The van der Waals surface area contributed by atoms with Crippen LogP contribution in [0.4, 0.5) is 11.4 Å². The molecule has 4 atom stereocenters. The Balaban J connectivity index is 0.000000159. The predicted molar refractivity (Wildman–Crippen MR) is 259 cm³/mol. The molecular weight excluding hydrogens is 857 g/mol. The van der Waals surface area contributed by atoms with Crippen LogP contribution < -0.4 is 20.4 Å². The molecule has 6 aromatic rings. The van der Waals surface area contributed by atoms with Crippen molar-refractivity contribution in [2.45, 2.75) is 36.1 Å². The quantitative estimate of drug-likeness (QED) is 0.168. The molecule has 10 nitrogen and oxygen atoms in total. The molecule has 62 heavy (non-hydrogen) atoms. The molecule has 2 spiro atoms. The molecule has 2 amide bonds. The van der Waals surface area contributed by atoms with Gasteiger partial charge in [0.15, 0.2) is 22.3 Å². The van der Waals surface area contributed by atoms with E-state index in [0.717, 1.165) is 55.2 Å². The number of fused-ring (bicyclic) bond motifs is 6. The summed E-state index contributed by atoms with van der Waals surface area (Å²) < 4.78 is 31.5. The van der Waals surface area contributed by atoms with Crippen molar-refractivity contribution in [3.8, 4) is 0 Å². The first-order valence-electron chi connectivity index (χ1n) is 19.7. The van der Waals surface area contributed by atoms with Crippen LogP contribution in [0.25, 0.3) is 21.5 Å². The average Bonchev–Trinajstić information content (AvgIpc) is 3.85. The molecule has 2 fully saturated rings. The van der Waals surface area contributed by atoms with Crippen LogP contribution in [0.3, 0.4) is 0 Å². The third kappa shape index (κ3) is 7.26. The van der Waals surface area contributed by atoms with Crippen LogP contribution in [0, 0.1) is 0 Å². The largest absolute Gasteiger partial charge is 0.456 e. The number of nitrogens with one attached hydrogen (secondary N) is 2. The zero-order valence-corrected chi connectivity index (χ0v) is 38.9. The van der Waals surface area contributed by atoms with E-state index in [-0.39, 0.29) is 22.2 Å². The van der Waals surface area contributed by atoms with Gasteiger partial charge in [-0.3, -0.25) is 18.0 Å². The summed E-state index contributed by atoms with van der Waals surface area (Å²) in [6.45, 7) is 3.88. The monoisotopic (exact) mass is 904 g/mol. The lowest BCUT2D eigenvalue weighted by molar-refractivity contribution is -0.130. The average molecular weight is 905 g/mol. The summed E-state index contributed by atoms with van der Waals surface area (Å²) in [4.78, 5) is 30.4. The maximum atomic E-state index is 13.5. The zero-order chi connectivity index (χ0) is 44.8. The third-order valence-corrected chi connectivity index (χ3v) is 12.2. The lowest BCUT2D eigenvalue weighted by atomic mass is 9.72. The zero-order valence-electron chi connectivity index (χ0n) is 35.7. The summed E-state index contributed by atoms with van der Waals surface area (Å²) in [7, 11) is 2.36. The highest BCUT2D eigenvalue weighted by atomic mass is 32.2. The van der Waals surface area contributed by atoms with Crippen LogP contribution in [-0.4, -0.2) is 69.7 Å². The van der Waals surface area contributed by atoms with Crippen LogP contribution in [0.1, 0.15) is 36.1 Å². The van der Waals surface area contributed by atoms with E-state index in [4.69, 9.17) is 33.9 Å². The minimum Gasteiger partial charge on any atom is -0.456 e. The smallest absolute Gasteiger partial charge is 0.261 e. The number of hydrogen-bond acceptors (Lipinski definition) is 8. The minimum absolute atomic E-state index is 0.0702. The Kier molecular flexibility index (Phi) is 12.2. The minimum atomic E-state index is -1.09. The van der Waals surface area contributed by atoms with Crippen molar-refractivity contribution in [1.29, 1.82) is 0 Å². The molecular formula is C48H48N4O6S4. The van der Waals surface area contributed by atoms with Gasteiger partial charge in [-0.25, -0.2) is 0 Å². The van der Waals surface area contributed by atoms with E-state index in [1.165, 1.54) is 0 Å². The summed E-state index contributed by atoms with van der Waals surface area (Å²) in [5.41, 5.74) is 1.22. The molecule has 0 aromatic heterocycles. The second-order valence-corrected chi connectivity index (χ2v) is 19.7. The van der Waals surface area contributed by atoms with Gasteiger partial charge in [0, 0.05) is 83.2 Å². The normalized spacial score (nSPS) is 24.1. The SMILES string of the molecule is CN1C(=O)[C@]2(NC(=S)O[C@@]2(C)c2ccc3ccccc3c2)c2ccccc21.CN1C(=O)[C@]2(NC(=S)O[C@@]2(C)c2ccc3ccccc3c2)c2ccccc21.CS(C)=O.CS(C)=O. The summed E-state index contributed by atoms with van der Waals surface area (Å²) >= 11 is 10.8. The number of carbonyl (C=O) groups excluding carboxylic acids is 2. The molecule has 0 saturated carbocycles. The van der Waals surface area contributed by atoms with Gasteiger partial charge >= 0.3 is 0 Å². The number of benzene rings is 6. The first-order valence-corrected chi connectivity index (χ1v) is 24.4. The molecule has 14 heteroatoms. The molecule has 320 valence electrons. The van der Waals surface area contributed by atoms with E-state index in [9.17, 15) is 18.0 Å². The highest BCUT2D eigenvalue weighted by molar-refractivity contribution is 7.83. The molecule has 0 aliphatic carbocycles. The third-order valence-electron chi connectivity index (χ3n) is 11.8. The van der Waals surface area contributed by atoms with Crippen LogP contribution in [0.2, 0.25) is 0 Å². The number of para-hydroxylation sites is 2. The Morgan fingerprint density at radius 1 is 0.500 bits per heavy atom. The summed E-state index contributed by atoms with van der Waals surface area (Å²) in [5.74, 6) is -0.140. The molecule has 4 aliphatic rings. The molecule has 0 radical (unpaired) electrons. The lowest BCUT2D eigenvalue weighted by Gasteiger charge is -2.37. The fourth-order valence-electron chi connectivity index (χ4n) is 8.93. The Morgan fingerprint density at radius 3 is 1.16 bits per heavy atom. The van der Waals surface area contributed by atoms with Gasteiger partial charge in [-0.1, -0.05) is 109 Å². The van der Waals surface area contributed by atoms with Crippen molar-refractivity contribution in [1.82, 2.24) is 10.6 Å². The van der Waals surface area contributed by atoms with Gasteiger partial charge in [-0.2, -0.15) is 0 Å². The van der Waals surface area contributed by atoms with Crippen LogP contribution >= 0.6 is 24.4 Å². The lowest BCUT2D eigenvalue weighted by Crippen LogP contribution is -2.57. The number of likely N-dealkylation sites (N-methyl/N-ethyl adjacent to an activating group) is 2. The van der Waals surface area contributed by atoms with Gasteiger partial charge in [0.2, 0.25) is 0 Å². The van der Waals surface area contributed by atoms with E-state index in [1.807, 2.05) is 98.8 Å². The van der Waals surface area contributed by atoms with Crippen LogP contribution in [0.5, 0.6) is 0 Å². The summed E-state index contributed by atoms with van der Waals surface area (Å²) in [6.07, 6.45) is 6.56. The van der Waals surface area contributed by atoms with Crippen molar-refractivity contribution in [3.05, 3.63) is 156 Å². The number of amides is 2. The van der Waals surface area contributed by atoms with E-state index in [2.05, 4.69) is 59.2 Å². The molecule has 0 bridgehead atoms. The Bertz CT molecular complexity index is 2640. The Hall–Kier alpha value is -5.54. The Morgan fingerprint density at radius 2 is 0.806 bits per heavy atom. The van der Waals surface area contributed by atoms with E-state index in [0.29, 0.717) is 0 Å². The molecule has 4 aliphatic heterocycles. The Labute approximate surface area is 377 Å². The van der Waals surface area contributed by atoms with Crippen molar-refractivity contribution >= 4 is 101 Å². The molecule has 4 heterocycles. The summed E-state index contributed by atoms with van der Waals surface area (Å²) in [6, 6.07) is 44.2. The topological polar surface area (TPSA) is 117 Å². The van der Waals surface area contributed by atoms with Crippen molar-refractivity contribution in [2.24, 2.45) is 0 Å². The van der Waals surface area contributed by atoms with Crippen molar-refractivity contribution in [3.63, 3.8) is 0 Å². The summed E-state index contributed by atoms with van der Waals surface area (Å²) in [5, 5.41) is 11.4. The molecule has 2 N–H and O–H groups in total. The number of rotatable bonds is 2. The number of carbonyl (C=O) groups is 2. The fourth-order valence-corrected chi connectivity index (χ4v) is 9.56. The van der Waals surface area contributed by atoms with E-state index >= 15 is 0 Å². The number of anilines is 2. The second-order valence-electron chi connectivity index (χ2n) is 16.0. The fraction of sp³-hybridized carbons (Fsp3) is 0.250. The number of nitrogens with zero attached hydrogens (tertiary/aromatic N) is 2. The van der Waals surface area contributed by atoms with E-state index < -0.39 is 43.9 Å². The maximum absolute atomic E-state index is 13.5. The van der Waals surface area contributed by atoms with Gasteiger partial charge in [-0.15, -0.1) is 0 Å². The second kappa shape index (κ2) is 17.0. The molecule has 6 aromatic carbocycles. The number of ether oxygens (including phenoxy) is 2. The van der Waals surface area contributed by atoms with Gasteiger partial charge in [0.05, 0.1) is 0 Å². The standard InChI is InChI=1S/2C22H18N2O2S.2C2H6OS/c2*1-21(16-12-11-14-7-3-4-8-15(14)13-16)22(23-20(27)26-21)17-9-5-6-10-18(17)24(2)19(22)25;2*1-4(2)3/h2*3-13H,1-2H3,(H,23,27);2*1-2H3/t2*21-,22+;;/m00../s1. The van der Waals surface area contributed by atoms with Crippen molar-refractivity contribution in [2.75, 3.05) is 48.9 Å². The van der Waals surface area contributed by atoms with Crippen LogP contribution in [-0.2, 0) is 62.9 Å². The van der Waals surface area contributed by atoms with Crippen LogP contribution in [0.15, 0.2) is 133 Å². The first kappa shape index (κ1) is 44.5. The van der Waals surface area contributed by atoms with Gasteiger partial charge < -0.3 is 29.9 Å². The van der Waals surface area contributed by atoms with Gasteiger partial charge in [-0.05, 0) is 95.2 Å². The highest BCUT2D eigenvalue weighted by Crippen LogP contribution is 2.56. The molecule has 2 saturated heterocycles. The van der Waals surface area contributed by atoms with E-state index in [1.54, 1.807) is 48.9 Å². The van der Waals surface area contributed by atoms with Crippen molar-refractivity contribution < 1.29 is 27.5 Å².